The van der Waals surface area contributed by atoms with E-state index in [1.807, 2.05) is 72.8 Å². The minimum Gasteiger partial charge on any atom is -0.497 e. The maximum atomic E-state index is 12.5. The van der Waals surface area contributed by atoms with Crippen molar-refractivity contribution in [3.8, 4) is 22.9 Å². The fourth-order valence-corrected chi connectivity index (χ4v) is 3.15. The molecule has 0 unspecified atom stereocenters. The summed E-state index contributed by atoms with van der Waals surface area (Å²) in [5.74, 6) is 1.07. The van der Waals surface area contributed by atoms with Crippen LogP contribution in [0.1, 0.15) is 10.4 Å². The van der Waals surface area contributed by atoms with Gasteiger partial charge in [-0.15, -0.1) is 10.2 Å². The lowest BCUT2D eigenvalue weighted by Gasteiger charge is -2.09. The van der Waals surface area contributed by atoms with E-state index in [1.54, 1.807) is 13.2 Å². The Hall–Kier alpha value is -3.93. The lowest BCUT2D eigenvalue weighted by atomic mass is 10.0. The number of hydrogen-bond donors (Lipinski definition) is 1. The first-order valence-corrected chi connectivity index (χ1v) is 9.61. The summed E-state index contributed by atoms with van der Waals surface area (Å²) >= 11 is 0. The van der Waals surface area contributed by atoms with E-state index in [2.05, 4.69) is 15.5 Å². The summed E-state index contributed by atoms with van der Waals surface area (Å²) in [5.41, 5.74) is 2.34. The number of ether oxygens (including phenoxy) is 2. The Morgan fingerprint density at radius 2 is 1.70 bits per heavy atom. The second-order valence-electron chi connectivity index (χ2n) is 6.62. The van der Waals surface area contributed by atoms with Crippen molar-refractivity contribution in [2.45, 2.75) is 0 Å². The number of amides is 1. The SMILES string of the molecule is COc1ccc(-c2ccc(OCCNC(=O)c3cccc4ccccc34)nn2)cc1. The van der Waals surface area contributed by atoms with Crippen LogP contribution in [0.3, 0.4) is 0 Å². The van der Waals surface area contributed by atoms with Crippen molar-refractivity contribution in [3.05, 3.63) is 84.4 Å². The molecule has 0 spiro atoms. The predicted octanol–water partition coefficient (Wildman–Crippen LogP) is 4.11. The molecule has 0 aliphatic carbocycles. The molecule has 4 aromatic rings. The van der Waals surface area contributed by atoms with Crippen LogP contribution in [0.5, 0.6) is 11.6 Å². The molecule has 0 atom stereocenters. The normalized spacial score (nSPS) is 10.6. The van der Waals surface area contributed by atoms with Gasteiger partial charge in [-0.05, 0) is 47.2 Å². The molecule has 0 aliphatic rings. The number of carbonyl (C=O) groups excluding carboxylic acids is 1. The molecule has 0 radical (unpaired) electrons. The number of aromatic nitrogens is 2. The molecule has 1 aromatic heterocycles. The Balaban J connectivity index is 1.30. The quantitative estimate of drug-likeness (QED) is 0.474. The van der Waals surface area contributed by atoms with Crippen LogP contribution >= 0.6 is 0 Å². The number of carbonyl (C=O) groups is 1. The van der Waals surface area contributed by atoms with Crippen molar-refractivity contribution < 1.29 is 14.3 Å². The molecule has 30 heavy (non-hydrogen) atoms. The first-order chi connectivity index (χ1) is 14.7. The van der Waals surface area contributed by atoms with Gasteiger partial charge in [0, 0.05) is 17.2 Å². The average Bonchev–Trinajstić information content (AvgIpc) is 2.82. The first kappa shape index (κ1) is 19.4. The fourth-order valence-electron chi connectivity index (χ4n) is 3.15. The molecule has 3 aromatic carbocycles. The molecule has 0 bridgehead atoms. The number of fused-ring (bicyclic) bond motifs is 1. The van der Waals surface area contributed by atoms with Gasteiger partial charge in [-0.1, -0.05) is 36.4 Å². The van der Waals surface area contributed by atoms with E-state index >= 15 is 0 Å². The maximum absolute atomic E-state index is 12.5. The third-order valence-corrected chi connectivity index (χ3v) is 4.70. The zero-order chi connectivity index (χ0) is 20.8. The van der Waals surface area contributed by atoms with Gasteiger partial charge in [0.2, 0.25) is 5.88 Å². The third-order valence-electron chi connectivity index (χ3n) is 4.70. The smallest absolute Gasteiger partial charge is 0.252 e. The average molecular weight is 399 g/mol. The number of hydrogen-bond acceptors (Lipinski definition) is 5. The van der Waals surface area contributed by atoms with Crippen molar-refractivity contribution in [2.75, 3.05) is 20.3 Å². The van der Waals surface area contributed by atoms with Crippen LogP contribution in [-0.4, -0.2) is 36.4 Å². The Kier molecular flexibility index (Phi) is 5.85. The van der Waals surface area contributed by atoms with Crippen LogP contribution in [-0.2, 0) is 0 Å². The van der Waals surface area contributed by atoms with Crippen molar-refractivity contribution in [1.82, 2.24) is 15.5 Å². The summed E-state index contributed by atoms with van der Waals surface area (Å²) in [6.07, 6.45) is 0. The minimum absolute atomic E-state index is 0.128. The van der Waals surface area contributed by atoms with Crippen molar-refractivity contribution in [3.63, 3.8) is 0 Å². The van der Waals surface area contributed by atoms with Gasteiger partial charge in [0.25, 0.3) is 5.91 Å². The van der Waals surface area contributed by atoms with Crippen LogP contribution in [0.2, 0.25) is 0 Å². The van der Waals surface area contributed by atoms with E-state index < -0.39 is 0 Å². The van der Waals surface area contributed by atoms with Crippen molar-refractivity contribution in [1.29, 1.82) is 0 Å². The Bertz CT molecular complexity index is 1140. The standard InChI is InChI=1S/C24H21N3O3/c1-29-19-11-9-18(10-12-19)22-13-14-23(27-26-22)30-16-15-25-24(28)21-8-4-6-17-5-2-3-7-20(17)21/h2-14H,15-16H2,1H3,(H,25,28). The lowest BCUT2D eigenvalue weighted by Crippen LogP contribution is -2.28. The second-order valence-corrected chi connectivity index (χ2v) is 6.62. The van der Waals surface area contributed by atoms with E-state index in [1.165, 1.54) is 0 Å². The molecule has 1 N–H and O–H groups in total. The molecule has 6 nitrogen and oxygen atoms in total. The number of nitrogens with one attached hydrogen (secondary N) is 1. The monoisotopic (exact) mass is 399 g/mol. The number of benzene rings is 3. The largest absolute Gasteiger partial charge is 0.497 e. The molecule has 1 amide bonds. The number of nitrogens with zero attached hydrogens (tertiary/aromatic N) is 2. The summed E-state index contributed by atoms with van der Waals surface area (Å²) in [6, 6.07) is 24.7. The Morgan fingerprint density at radius 1 is 0.900 bits per heavy atom. The van der Waals surface area contributed by atoms with Gasteiger partial charge in [0.05, 0.1) is 19.3 Å². The molecule has 6 heteroatoms. The van der Waals surface area contributed by atoms with Crippen LogP contribution < -0.4 is 14.8 Å². The van der Waals surface area contributed by atoms with Gasteiger partial charge in [0.15, 0.2) is 0 Å². The highest BCUT2D eigenvalue weighted by Crippen LogP contribution is 2.21. The number of rotatable bonds is 7. The highest BCUT2D eigenvalue weighted by molar-refractivity contribution is 6.06. The maximum Gasteiger partial charge on any atom is 0.252 e. The molecule has 0 fully saturated rings. The first-order valence-electron chi connectivity index (χ1n) is 9.61. The molecule has 4 rings (SSSR count). The van der Waals surface area contributed by atoms with Gasteiger partial charge < -0.3 is 14.8 Å². The summed E-state index contributed by atoms with van der Waals surface area (Å²) < 4.78 is 10.8. The third kappa shape index (κ3) is 4.38. The molecule has 0 saturated carbocycles. The van der Waals surface area contributed by atoms with Crippen LogP contribution in [0.15, 0.2) is 78.9 Å². The second kappa shape index (κ2) is 9.05. The van der Waals surface area contributed by atoms with Gasteiger partial charge in [0.1, 0.15) is 12.4 Å². The van der Waals surface area contributed by atoms with Crippen molar-refractivity contribution in [2.24, 2.45) is 0 Å². The molecule has 0 aliphatic heterocycles. The Morgan fingerprint density at radius 3 is 2.47 bits per heavy atom. The van der Waals surface area contributed by atoms with E-state index in [0.717, 1.165) is 27.8 Å². The van der Waals surface area contributed by atoms with Crippen molar-refractivity contribution >= 4 is 16.7 Å². The highest BCUT2D eigenvalue weighted by Gasteiger charge is 2.09. The summed E-state index contributed by atoms with van der Waals surface area (Å²) in [6.45, 7) is 0.664. The molecule has 0 saturated heterocycles. The highest BCUT2D eigenvalue weighted by atomic mass is 16.5. The van der Waals surface area contributed by atoms with E-state index in [0.29, 0.717) is 24.6 Å². The van der Waals surface area contributed by atoms with Crippen LogP contribution in [0.25, 0.3) is 22.0 Å². The molecular weight excluding hydrogens is 378 g/mol. The number of methoxy groups -OCH3 is 1. The topological polar surface area (TPSA) is 73.3 Å². The zero-order valence-electron chi connectivity index (χ0n) is 16.5. The van der Waals surface area contributed by atoms with Crippen LogP contribution in [0.4, 0.5) is 0 Å². The predicted molar refractivity (Wildman–Crippen MR) is 116 cm³/mol. The fraction of sp³-hybridized carbons (Fsp3) is 0.125. The zero-order valence-corrected chi connectivity index (χ0v) is 16.5. The van der Waals surface area contributed by atoms with Gasteiger partial charge in [-0.3, -0.25) is 4.79 Å². The van der Waals surface area contributed by atoms with E-state index in [4.69, 9.17) is 9.47 Å². The van der Waals surface area contributed by atoms with E-state index in [-0.39, 0.29) is 5.91 Å². The van der Waals surface area contributed by atoms with Gasteiger partial charge in [-0.2, -0.15) is 0 Å². The van der Waals surface area contributed by atoms with Crippen LogP contribution in [0, 0.1) is 0 Å². The van der Waals surface area contributed by atoms with Gasteiger partial charge in [-0.25, -0.2) is 0 Å². The Labute approximate surface area is 174 Å². The summed E-state index contributed by atoms with van der Waals surface area (Å²) in [4.78, 5) is 12.5. The summed E-state index contributed by atoms with van der Waals surface area (Å²) in [5, 5.41) is 13.1. The minimum atomic E-state index is -0.128. The lowest BCUT2D eigenvalue weighted by molar-refractivity contribution is 0.0948. The molecule has 150 valence electrons. The molecule has 1 heterocycles. The van der Waals surface area contributed by atoms with Gasteiger partial charge >= 0.3 is 0 Å². The van der Waals surface area contributed by atoms with E-state index in [9.17, 15) is 4.79 Å². The summed E-state index contributed by atoms with van der Waals surface area (Å²) in [7, 11) is 1.63. The molecular formula is C24H21N3O3.